The molecular formula is C10H13Br2NO2. The van der Waals surface area contributed by atoms with Gasteiger partial charge in [0, 0.05) is 17.1 Å². The molecule has 0 amide bonds. The number of rotatable bonds is 4. The molecule has 5 heteroatoms. The first-order valence-corrected chi connectivity index (χ1v) is 6.08. The van der Waals surface area contributed by atoms with Crippen LogP contribution in [-0.2, 0) is 0 Å². The highest BCUT2D eigenvalue weighted by Crippen LogP contribution is 2.34. The Morgan fingerprint density at radius 1 is 1.40 bits per heavy atom. The van der Waals surface area contributed by atoms with Crippen LogP contribution in [0.25, 0.3) is 0 Å². The second kappa shape index (κ2) is 5.72. The highest BCUT2D eigenvalue weighted by atomic mass is 79.9. The van der Waals surface area contributed by atoms with Gasteiger partial charge >= 0.3 is 0 Å². The molecular weight excluding hydrogens is 326 g/mol. The lowest BCUT2D eigenvalue weighted by atomic mass is 10.3. The summed E-state index contributed by atoms with van der Waals surface area (Å²) in [6.45, 7) is 2.24. The summed E-state index contributed by atoms with van der Waals surface area (Å²) in [5.41, 5.74) is 0.899. The Balaban J connectivity index is 2.87. The summed E-state index contributed by atoms with van der Waals surface area (Å²) in [6.07, 6.45) is -0.383. The number of nitrogens with one attached hydrogen (secondary N) is 1. The lowest BCUT2D eigenvalue weighted by Crippen LogP contribution is -2.15. The van der Waals surface area contributed by atoms with E-state index in [9.17, 15) is 0 Å². The van der Waals surface area contributed by atoms with Gasteiger partial charge in [0.2, 0.25) is 0 Å². The van der Waals surface area contributed by atoms with E-state index >= 15 is 0 Å². The SMILES string of the molecule is COc1cc(NCC(C)O)c(Br)cc1Br. The summed E-state index contributed by atoms with van der Waals surface area (Å²) in [5.74, 6) is 0.756. The topological polar surface area (TPSA) is 41.5 Å². The third-order valence-corrected chi connectivity index (χ3v) is 3.11. The van der Waals surface area contributed by atoms with E-state index in [-0.39, 0.29) is 6.10 Å². The summed E-state index contributed by atoms with van der Waals surface area (Å²) in [4.78, 5) is 0. The van der Waals surface area contributed by atoms with Gasteiger partial charge in [-0.15, -0.1) is 0 Å². The highest BCUT2D eigenvalue weighted by Gasteiger charge is 2.07. The zero-order chi connectivity index (χ0) is 11.4. The fourth-order valence-electron chi connectivity index (χ4n) is 1.08. The van der Waals surface area contributed by atoms with Crippen LogP contribution < -0.4 is 10.1 Å². The minimum absolute atomic E-state index is 0.383. The molecule has 0 saturated heterocycles. The largest absolute Gasteiger partial charge is 0.495 e. The van der Waals surface area contributed by atoms with Crippen molar-refractivity contribution in [3.63, 3.8) is 0 Å². The van der Waals surface area contributed by atoms with Crippen molar-refractivity contribution in [3.05, 3.63) is 21.1 Å². The number of hydrogen-bond donors (Lipinski definition) is 2. The number of halogens is 2. The van der Waals surface area contributed by atoms with E-state index in [0.717, 1.165) is 20.4 Å². The standard InChI is InChI=1S/C10H13Br2NO2/c1-6(14)5-13-9-4-10(15-2)8(12)3-7(9)11/h3-4,6,13-14H,5H2,1-2H3. The maximum Gasteiger partial charge on any atom is 0.135 e. The van der Waals surface area contributed by atoms with Crippen molar-refractivity contribution in [2.24, 2.45) is 0 Å². The number of aliphatic hydroxyl groups excluding tert-OH is 1. The van der Waals surface area contributed by atoms with Gasteiger partial charge < -0.3 is 15.2 Å². The maximum absolute atomic E-state index is 9.17. The molecule has 0 aromatic heterocycles. The Hall–Kier alpha value is -0.260. The summed E-state index contributed by atoms with van der Waals surface area (Å²) < 4.78 is 6.99. The fraction of sp³-hybridized carbons (Fsp3) is 0.400. The molecule has 0 aliphatic rings. The van der Waals surface area contributed by atoms with Gasteiger partial charge in [-0.2, -0.15) is 0 Å². The Morgan fingerprint density at radius 2 is 2.07 bits per heavy atom. The molecule has 2 N–H and O–H groups in total. The third-order valence-electron chi connectivity index (χ3n) is 1.83. The highest BCUT2D eigenvalue weighted by molar-refractivity contribution is 9.11. The summed E-state index contributed by atoms with van der Waals surface area (Å²) >= 11 is 6.82. The molecule has 84 valence electrons. The number of hydrogen-bond acceptors (Lipinski definition) is 3. The molecule has 1 unspecified atom stereocenters. The normalized spacial score (nSPS) is 12.3. The summed E-state index contributed by atoms with van der Waals surface area (Å²) in [6, 6.07) is 3.78. The molecule has 0 spiro atoms. The number of ether oxygens (including phenoxy) is 1. The van der Waals surface area contributed by atoms with Gasteiger partial charge in [0.25, 0.3) is 0 Å². The Morgan fingerprint density at radius 3 is 2.60 bits per heavy atom. The van der Waals surface area contributed by atoms with Gasteiger partial charge in [0.1, 0.15) is 5.75 Å². The first-order chi connectivity index (χ1) is 7.04. The molecule has 3 nitrogen and oxygen atoms in total. The van der Waals surface area contributed by atoms with E-state index in [1.165, 1.54) is 0 Å². The van der Waals surface area contributed by atoms with Crippen LogP contribution in [0.15, 0.2) is 21.1 Å². The molecule has 0 heterocycles. The third kappa shape index (κ3) is 3.66. The Labute approximate surface area is 106 Å². The van der Waals surface area contributed by atoms with E-state index in [2.05, 4.69) is 37.2 Å². The first-order valence-electron chi connectivity index (χ1n) is 4.49. The predicted molar refractivity (Wildman–Crippen MR) is 68.6 cm³/mol. The number of benzene rings is 1. The molecule has 1 atom stereocenters. The zero-order valence-electron chi connectivity index (χ0n) is 8.55. The van der Waals surface area contributed by atoms with E-state index in [4.69, 9.17) is 9.84 Å². The van der Waals surface area contributed by atoms with Gasteiger partial charge in [-0.25, -0.2) is 0 Å². The molecule has 0 bridgehead atoms. The van der Waals surface area contributed by atoms with Crippen LogP contribution in [-0.4, -0.2) is 24.9 Å². The van der Waals surface area contributed by atoms with Crippen LogP contribution in [0, 0.1) is 0 Å². The number of aliphatic hydroxyl groups is 1. The van der Waals surface area contributed by atoms with Crippen LogP contribution in [0.2, 0.25) is 0 Å². The van der Waals surface area contributed by atoms with Gasteiger partial charge in [0.05, 0.1) is 23.4 Å². The van der Waals surface area contributed by atoms with Crippen molar-refractivity contribution in [1.82, 2.24) is 0 Å². The van der Waals surface area contributed by atoms with E-state index in [1.54, 1.807) is 14.0 Å². The molecule has 1 rings (SSSR count). The van der Waals surface area contributed by atoms with Crippen LogP contribution in [0.4, 0.5) is 5.69 Å². The Bertz CT molecular complexity index is 342. The van der Waals surface area contributed by atoms with Crippen LogP contribution >= 0.6 is 31.9 Å². The van der Waals surface area contributed by atoms with E-state index < -0.39 is 0 Å². The van der Waals surface area contributed by atoms with Crippen LogP contribution in [0.3, 0.4) is 0 Å². The zero-order valence-corrected chi connectivity index (χ0v) is 11.7. The summed E-state index contributed by atoms with van der Waals surface area (Å²) in [5, 5.41) is 12.3. The van der Waals surface area contributed by atoms with Crippen molar-refractivity contribution in [1.29, 1.82) is 0 Å². The molecule has 0 aliphatic carbocycles. The van der Waals surface area contributed by atoms with E-state index in [0.29, 0.717) is 6.54 Å². The van der Waals surface area contributed by atoms with Crippen molar-refractivity contribution in [2.45, 2.75) is 13.0 Å². The molecule has 1 aromatic carbocycles. The van der Waals surface area contributed by atoms with Gasteiger partial charge in [0.15, 0.2) is 0 Å². The lowest BCUT2D eigenvalue weighted by Gasteiger charge is -2.12. The lowest BCUT2D eigenvalue weighted by molar-refractivity contribution is 0.208. The minimum atomic E-state index is -0.383. The average molecular weight is 339 g/mol. The molecule has 0 aliphatic heterocycles. The van der Waals surface area contributed by atoms with Gasteiger partial charge in [-0.05, 0) is 44.8 Å². The minimum Gasteiger partial charge on any atom is -0.495 e. The van der Waals surface area contributed by atoms with Crippen LogP contribution in [0.1, 0.15) is 6.92 Å². The quantitative estimate of drug-likeness (QED) is 0.886. The molecule has 0 saturated carbocycles. The second-order valence-electron chi connectivity index (χ2n) is 3.20. The monoisotopic (exact) mass is 337 g/mol. The molecule has 0 fully saturated rings. The Kier molecular flexibility index (Phi) is 4.89. The van der Waals surface area contributed by atoms with Crippen molar-refractivity contribution in [3.8, 4) is 5.75 Å². The number of methoxy groups -OCH3 is 1. The number of anilines is 1. The predicted octanol–water partition coefficient (Wildman–Crippen LogP) is 3.01. The van der Waals surface area contributed by atoms with E-state index in [1.807, 2.05) is 12.1 Å². The molecule has 0 radical (unpaired) electrons. The fourth-order valence-corrected chi connectivity index (χ4v) is 2.37. The van der Waals surface area contributed by atoms with Gasteiger partial charge in [-0.3, -0.25) is 0 Å². The molecule has 15 heavy (non-hydrogen) atoms. The average Bonchev–Trinajstić information content (AvgIpc) is 2.16. The van der Waals surface area contributed by atoms with Crippen molar-refractivity contribution < 1.29 is 9.84 Å². The van der Waals surface area contributed by atoms with Gasteiger partial charge in [-0.1, -0.05) is 0 Å². The summed E-state index contributed by atoms with van der Waals surface area (Å²) in [7, 11) is 1.62. The first kappa shape index (κ1) is 12.8. The van der Waals surface area contributed by atoms with Crippen molar-refractivity contribution in [2.75, 3.05) is 19.0 Å². The second-order valence-corrected chi connectivity index (χ2v) is 4.91. The smallest absolute Gasteiger partial charge is 0.135 e. The maximum atomic E-state index is 9.17. The van der Waals surface area contributed by atoms with Crippen molar-refractivity contribution >= 4 is 37.5 Å². The van der Waals surface area contributed by atoms with Crippen LogP contribution in [0.5, 0.6) is 5.75 Å². The molecule has 1 aromatic rings.